The molecule has 98 valence electrons. The number of benzene rings is 2. The highest BCUT2D eigenvalue weighted by molar-refractivity contribution is 6.32. The van der Waals surface area contributed by atoms with Gasteiger partial charge in [0.15, 0.2) is 11.6 Å². The number of nitrogens with one attached hydrogen (secondary N) is 1. The van der Waals surface area contributed by atoms with E-state index in [1.807, 2.05) is 0 Å². The summed E-state index contributed by atoms with van der Waals surface area (Å²) in [5.74, 6) is -1.39. The van der Waals surface area contributed by atoms with Crippen molar-refractivity contribution in [3.05, 3.63) is 58.6 Å². The predicted molar refractivity (Wildman–Crippen MR) is 68.9 cm³/mol. The Hall–Kier alpha value is -2.14. The van der Waals surface area contributed by atoms with Crippen LogP contribution in [0.3, 0.4) is 0 Å². The van der Waals surface area contributed by atoms with E-state index in [0.717, 1.165) is 18.2 Å². The summed E-state index contributed by atoms with van der Waals surface area (Å²) in [6, 6.07) is 7.37. The highest BCUT2D eigenvalue weighted by Gasteiger charge is 2.10. The summed E-state index contributed by atoms with van der Waals surface area (Å²) in [4.78, 5) is 0. The van der Waals surface area contributed by atoms with Crippen molar-refractivity contribution in [2.75, 3.05) is 0 Å². The van der Waals surface area contributed by atoms with Crippen molar-refractivity contribution < 1.29 is 13.5 Å². The minimum atomic E-state index is -0.687. The molecule has 0 unspecified atom stereocenters. The number of hydrogen-bond acceptors (Lipinski definition) is 2. The molecule has 0 atom stereocenters. The number of halogens is 3. The van der Waals surface area contributed by atoms with Gasteiger partial charge >= 0.3 is 0 Å². The zero-order chi connectivity index (χ0) is 14.0. The van der Waals surface area contributed by atoms with Gasteiger partial charge in [0.05, 0.1) is 5.02 Å². The van der Waals surface area contributed by atoms with Crippen molar-refractivity contribution in [3.8, 4) is 11.5 Å². The number of amidine groups is 1. The molecule has 0 aliphatic carbocycles. The molecule has 0 heterocycles. The second kappa shape index (κ2) is 5.24. The van der Waals surface area contributed by atoms with E-state index in [-0.39, 0.29) is 27.9 Å². The third-order valence-electron chi connectivity index (χ3n) is 2.36. The average Bonchev–Trinajstić information content (AvgIpc) is 2.34. The fraction of sp³-hybridized carbons (Fsp3) is 0. The van der Waals surface area contributed by atoms with Gasteiger partial charge in [0.25, 0.3) is 0 Å². The summed E-state index contributed by atoms with van der Waals surface area (Å²) in [6.07, 6.45) is 0. The van der Waals surface area contributed by atoms with Gasteiger partial charge in [-0.15, -0.1) is 0 Å². The van der Waals surface area contributed by atoms with Crippen molar-refractivity contribution in [1.29, 1.82) is 5.41 Å². The fourth-order valence-corrected chi connectivity index (χ4v) is 1.63. The molecule has 3 N–H and O–H groups in total. The molecule has 0 radical (unpaired) electrons. The number of rotatable bonds is 3. The van der Waals surface area contributed by atoms with Crippen LogP contribution >= 0.6 is 11.6 Å². The molecular formula is C13H9ClF2N2O. The molecule has 0 aromatic heterocycles. The topological polar surface area (TPSA) is 59.1 Å². The van der Waals surface area contributed by atoms with E-state index in [9.17, 15) is 8.78 Å². The van der Waals surface area contributed by atoms with Gasteiger partial charge in [0.1, 0.15) is 17.4 Å². The third-order valence-corrected chi connectivity index (χ3v) is 2.65. The maximum Gasteiger partial charge on any atom is 0.166 e. The molecule has 3 nitrogen and oxygen atoms in total. The van der Waals surface area contributed by atoms with Crippen LogP contribution in [0.25, 0.3) is 0 Å². The smallest absolute Gasteiger partial charge is 0.166 e. The quantitative estimate of drug-likeness (QED) is 0.666. The Morgan fingerprint density at radius 2 is 1.79 bits per heavy atom. The first-order chi connectivity index (χ1) is 8.97. The molecule has 0 fully saturated rings. The van der Waals surface area contributed by atoms with Crippen LogP contribution in [0.4, 0.5) is 8.78 Å². The lowest BCUT2D eigenvalue weighted by Gasteiger charge is -2.09. The van der Waals surface area contributed by atoms with E-state index < -0.39 is 11.6 Å². The second-order valence-corrected chi connectivity index (χ2v) is 4.14. The molecule has 0 saturated carbocycles. The summed E-state index contributed by atoms with van der Waals surface area (Å²) in [6.45, 7) is 0. The summed E-state index contributed by atoms with van der Waals surface area (Å²) >= 11 is 5.77. The summed E-state index contributed by atoms with van der Waals surface area (Å²) in [5.41, 5.74) is 5.48. The van der Waals surface area contributed by atoms with Crippen molar-refractivity contribution in [1.82, 2.24) is 0 Å². The van der Waals surface area contributed by atoms with Gasteiger partial charge < -0.3 is 10.5 Å². The molecule has 0 aliphatic rings. The molecule has 19 heavy (non-hydrogen) atoms. The van der Waals surface area contributed by atoms with Gasteiger partial charge in [-0.1, -0.05) is 11.6 Å². The molecule has 0 spiro atoms. The van der Waals surface area contributed by atoms with E-state index in [2.05, 4.69) is 0 Å². The van der Waals surface area contributed by atoms with E-state index in [4.69, 9.17) is 27.5 Å². The van der Waals surface area contributed by atoms with Crippen LogP contribution in [0.5, 0.6) is 11.5 Å². The maximum atomic E-state index is 13.7. The molecule has 6 heteroatoms. The largest absolute Gasteiger partial charge is 0.453 e. The SMILES string of the molecule is N=C(N)c1ccc(Oc2ccc(F)cc2Cl)c(F)c1. The third kappa shape index (κ3) is 3.00. The number of nitrogens with two attached hydrogens (primary N) is 1. The Morgan fingerprint density at radius 3 is 2.37 bits per heavy atom. The van der Waals surface area contributed by atoms with Gasteiger partial charge in [-0.25, -0.2) is 8.78 Å². The van der Waals surface area contributed by atoms with Gasteiger partial charge in [-0.3, -0.25) is 5.41 Å². The predicted octanol–water partition coefficient (Wildman–Crippen LogP) is 3.69. The van der Waals surface area contributed by atoms with Crippen molar-refractivity contribution in [2.24, 2.45) is 5.73 Å². The zero-order valence-corrected chi connectivity index (χ0v) is 10.3. The van der Waals surface area contributed by atoms with Crippen LogP contribution in [0, 0.1) is 17.0 Å². The van der Waals surface area contributed by atoms with Crippen molar-refractivity contribution in [3.63, 3.8) is 0 Å². The molecule has 2 rings (SSSR count). The lowest BCUT2D eigenvalue weighted by atomic mass is 10.2. The Kier molecular flexibility index (Phi) is 3.66. The maximum absolute atomic E-state index is 13.7. The Labute approximate surface area is 113 Å². The van der Waals surface area contributed by atoms with Crippen LogP contribution in [0.1, 0.15) is 5.56 Å². The fourth-order valence-electron chi connectivity index (χ4n) is 1.43. The Balaban J connectivity index is 2.31. The van der Waals surface area contributed by atoms with E-state index in [1.54, 1.807) is 0 Å². The molecule has 2 aromatic carbocycles. The van der Waals surface area contributed by atoms with Gasteiger partial charge in [0, 0.05) is 5.56 Å². The first-order valence-electron chi connectivity index (χ1n) is 5.24. The number of nitrogen functional groups attached to an aromatic ring is 1. The molecule has 0 aliphatic heterocycles. The Morgan fingerprint density at radius 1 is 1.11 bits per heavy atom. The molecule has 0 amide bonds. The average molecular weight is 283 g/mol. The number of ether oxygens (including phenoxy) is 1. The highest BCUT2D eigenvalue weighted by Crippen LogP contribution is 2.31. The Bertz CT molecular complexity index is 647. The van der Waals surface area contributed by atoms with Crippen LogP contribution in [0.15, 0.2) is 36.4 Å². The zero-order valence-electron chi connectivity index (χ0n) is 9.58. The number of hydrogen-bond donors (Lipinski definition) is 2. The summed E-state index contributed by atoms with van der Waals surface area (Å²) in [7, 11) is 0. The van der Waals surface area contributed by atoms with Crippen molar-refractivity contribution >= 4 is 17.4 Å². The van der Waals surface area contributed by atoms with E-state index in [0.29, 0.717) is 0 Å². The van der Waals surface area contributed by atoms with Gasteiger partial charge in [-0.05, 0) is 36.4 Å². The van der Waals surface area contributed by atoms with Gasteiger partial charge in [-0.2, -0.15) is 0 Å². The van der Waals surface area contributed by atoms with Gasteiger partial charge in [0.2, 0.25) is 0 Å². The first-order valence-corrected chi connectivity index (χ1v) is 5.62. The molecule has 0 bridgehead atoms. The van der Waals surface area contributed by atoms with Crippen LogP contribution in [0.2, 0.25) is 5.02 Å². The summed E-state index contributed by atoms with van der Waals surface area (Å²) in [5, 5.41) is 7.23. The highest BCUT2D eigenvalue weighted by atomic mass is 35.5. The normalized spacial score (nSPS) is 10.3. The molecular weight excluding hydrogens is 274 g/mol. The standard InChI is InChI=1S/C13H9ClF2N2O/c14-9-6-8(15)2-4-11(9)19-12-3-1-7(13(17)18)5-10(12)16/h1-6H,(H3,17,18). The molecule has 0 saturated heterocycles. The van der Waals surface area contributed by atoms with Crippen LogP contribution in [-0.4, -0.2) is 5.84 Å². The molecule has 2 aromatic rings. The minimum absolute atomic E-state index is 0.0371. The lowest BCUT2D eigenvalue weighted by Crippen LogP contribution is -2.11. The van der Waals surface area contributed by atoms with Crippen LogP contribution in [-0.2, 0) is 0 Å². The summed E-state index contributed by atoms with van der Waals surface area (Å²) < 4.78 is 31.8. The van der Waals surface area contributed by atoms with E-state index >= 15 is 0 Å². The second-order valence-electron chi connectivity index (χ2n) is 3.74. The van der Waals surface area contributed by atoms with Crippen molar-refractivity contribution in [2.45, 2.75) is 0 Å². The first kappa shape index (κ1) is 13.3. The lowest BCUT2D eigenvalue weighted by molar-refractivity contribution is 0.441. The van der Waals surface area contributed by atoms with E-state index in [1.165, 1.54) is 18.2 Å². The minimum Gasteiger partial charge on any atom is -0.453 e. The monoisotopic (exact) mass is 282 g/mol. The van der Waals surface area contributed by atoms with Crippen LogP contribution < -0.4 is 10.5 Å².